The summed E-state index contributed by atoms with van der Waals surface area (Å²) in [6.45, 7) is 2.83. The molecule has 0 amide bonds. The zero-order valence-electron chi connectivity index (χ0n) is 12.4. The Balaban J connectivity index is 1.78. The number of likely N-dealkylation sites (N-methyl/N-ethyl adjacent to an activating group) is 2. The molecule has 1 fully saturated rings. The van der Waals surface area contributed by atoms with E-state index >= 15 is 0 Å². The van der Waals surface area contributed by atoms with Gasteiger partial charge in [0.15, 0.2) is 0 Å². The van der Waals surface area contributed by atoms with Crippen LogP contribution in [-0.2, 0) is 6.54 Å². The molecule has 1 aliphatic carbocycles. The largest absolute Gasteiger partial charge is 0.302 e. The molecule has 112 valence electrons. The topological polar surface area (TPSA) is 6.48 Å². The molecule has 2 nitrogen and oxygen atoms in total. The van der Waals surface area contributed by atoms with Crippen molar-refractivity contribution in [3.8, 4) is 0 Å². The molecule has 20 heavy (non-hydrogen) atoms. The van der Waals surface area contributed by atoms with Gasteiger partial charge in [-0.3, -0.25) is 0 Å². The SMILES string of the molecule is CN(CCN(C)C1CCCC1)Cc1ccc(F)cc1Cl. The van der Waals surface area contributed by atoms with Crippen molar-refractivity contribution in [3.63, 3.8) is 0 Å². The van der Waals surface area contributed by atoms with Crippen molar-refractivity contribution in [3.05, 3.63) is 34.6 Å². The van der Waals surface area contributed by atoms with Gasteiger partial charge in [-0.2, -0.15) is 0 Å². The van der Waals surface area contributed by atoms with Gasteiger partial charge in [0.05, 0.1) is 0 Å². The van der Waals surface area contributed by atoms with E-state index in [-0.39, 0.29) is 5.82 Å². The molecular weight excluding hydrogens is 275 g/mol. The van der Waals surface area contributed by atoms with E-state index in [9.17, 15) is 4.39 Å². The number of halogens is 2. The molecule has 2 rings (SSSR count). The third-order valence-electron chi connectivity index (χ3n) is 4.24. The summed E-state index contributed by atoms with van der Waals surface area (Å²) in [5, 5.41) is 0.515. The van der Waals surface area contributed by atoms with Crippen molar-refractivity contribution in [2.45, 2.75) is 38.3 Å². The Bertz CT molecular complexity index is 432. The van der Waals surface area contributed by atoms with Gasteiger partial charge < -0.3 is 9.80 Å². The molecule has 0 bridgehead atoms. The van der Waals surface area contributed by atoms with Crippen LogP contribution in [0.2, 0.25) is 5.02 Å². The maximum Gasteiger partial charge on any atom is 0.124 e. The van der Waals surface area contributed by atoms with Crippen LogP contribution in [0.5, 0.6) is 0 Å². The van der Waals surface area contributed by atoms with Crippen molar-refractivity contribution >= 4 is 11.6 Å². The van der Waals surface area contributed by atoms with Crippen LogP contribution in [0.25, 0.3) is 0 Å². The van der Waals surface area contributed by atoms with Crippen LogP contribution < -0.4 is 0 Å². The summed E-state index contributed by atoms with van der Waals surface area (Å²) < 4.78 is 13.0. The predicted octanol–water partition coefficient (Wildman–Crippen LogP) is 3.79. The lowest BCUT2D eigenvalue weighted by molar-refractivity contribution is 0.204. The highest BCUT2D eigenvalue weighted by Gasteiger charge is 2.19. The molecule has 0 saturated heterocycles. The van der Waals surface area contributed by atoms with E-state index in [4.69, 9.17) is 11.6 Å². The van der Waals surface area contributed by atoms with E-state index in [1.54, 1.807) is 6.07 Å². The average Bonchev–Trinajstić information content (AvgIpc) is 2.93. The second-order valence-corrected chi connectivity index (χ2v) is 6.30. The van der Waals surface area contributed by atoms with Crippen LogP contribution in [0.1, 0.15) is 31.2 Å². The normalized spacial score (nSPS) is 16.5. The van der Waals surface area contributed by atoms with Gasteiger partial charge in [-0.25, -0.2) is 4.39 Å². The highest BCUT2D eigenvalue weighted by atomic mass is 35.5. The van der Waals surface area contributed by atoms with Crippen LogP contribution in [-0.4, -0.2) is 43.0 Å². The Morgan fingerprint density at radius 2 is 1.90 bits per heavy atom. The van der Waals surface area contributed by atoms with E-state index in [0.717, 1.165) is 31.2 Å². The number of hydrogen-bond acceptors (Lipinski definition) is 2. The minimum Gasteiger partial charge on any atom is -0.302 e. The standard InChI is InChI=1S/C16H24ClFN2/c1-19(9-10-20(2)15-5-3-4-6-15)12-13-7-8-14(18)11-16(13)17/h7-8,11,15H,3-6,9-10,12H2,1-2H3. The van der Waals surface area contributed by atoms with E-state index in [1.807, 2.05) is 0 Å². The summed E-state index contributed by atoms with van der Waals surface area (Å²) in [6, 6.07) is 5.39. The minimum atomic E-state index is -0.276. The van der Waals surface area contributed by atoms with E-state index in [2.05, 4.69) is 23.9 Å². The molecule has 0 N–H and O–H groups in total. The molecule has 0 radical (unpaired) electrons. The van der Waals surface area contributed by atoms with E-state index < -0.39 is 0 Å². The van der Waals surface area contributed by atoms with Gasteiger partial charge in [0.25, 0.3) is 0 Å². The predicted molar refractivity (Wildman–Crippen MR) is 82.6 cm³/mol. The molecule has 0 spiro atoms. The van der Waals surface area contributed by atoms with Crippen LogP contribution in [0.4, 0.5) is 4.39 Å². The maximum absolute atomic E-state index is 13.0. The van der Waals surface area contributed by atoms with Gasteiger partial charge in [-0.15, -0.1) is 0 Å². The smallest absolute Gasteiger partial charge is 0.124 e. The third-order valence-corrected chi connectivity index (χ3v) is 4.59. The van der Waals surface area contributed by atoms with Crippen LogP contribution in [0.15, 0.2) is 18.2 Å². The van der Waals surface area contributed by atoms with Gasteiger partial charge in [0.2, 0.25) is 0 Å². The number of benzene rings is 1. The molecular formula is C16H24ClFN2. The molecule has 0 aromatic heterocycles. The molecule has 0 atom stereocenters. The van der Waals surface area contributed by atoms with Gasteiger partial charge in [-0.1, -0.05) is 30.5 Å². The molecule has 1 saturated carbocycles. The summed E-state index contributed by atoms with van der Waals surface area (Å²) in [5.74, 6) is -0.276. The molecule has 0 heterocycles. The zero-order chi connectivity index (χ0) is 14.5. The first-order chi connectivity index (χ1) is 9.56. The third kappa shape index (κ3) is 4.44. The number of rotatable bonds is 6. The zero-order valence-corrected chi connectivity index (χ0v) is 13.2. The van der Waals surface area contributed by atoms with E-state index in [1.165, 1.54) is 37.8 Å². The fourth-order valence-corrected chi connectivity index (χ4v) is 3.10. The second-order valence-electron chi connectivity index (χ2n) is 5.89. The van der Waals surface area contributed by atoms with Crippen LogP contribution in [0, 0.1) is 5.82 Å². The van der Waals surface area contributed by atoms with Gasteiger partial charge >= 0.3 is 0 Å². The molecule has 1 aliphatic rings. The molecule has 4 heteroatoms. The van der Waals surface area contributed by atoms with Gasteiger partial charge in [-0.05, 0) is 44.6 Å². The number of nitrogens with zero attached hydrogens (tertiary/aromatic N) is 2. The second kappa shape index (κ2) is 7.39. The Hall–Kier alpha value is -0.640. The van der Waals surface area contributed by atoms with Crippen molar-refractivity contribution in [2.24, 2.45) is 0 Å². The molecule has 1 aromatic rings. The first-order valence-corrected chi connectivity index (χ1v) is 7.77. The molecule has 0 aliphatic heterocycles. The Kier molecular flexibility index (Phi) is 5.82. The quantitative estimate of drug-likeness (QED) is 0.788. The van der Waals surface area contributed by atoms with Gasteiger partial charge in [0, 0.05) is 30.7 Å². The van der Waals surface area contributed by atoms with Gasteiger partial charge in [0.1, 0.15) is 5.82 Å². The first-order valence-electron chi connectivity index (χ1n) is 7.39. The highest BCUT2D eigenvalue weighted by molar-refractivity contribution is 6.31. The monoisotopic (exact) mass is 298 g/mol. The summed E-state index contributed by atoms with van der Waals surface area (Å²) >= 11 is 6.06. The van der Waals surface area contributed by atoms with E-state index in [0.29, 0.717) is 5.02 Å². The summed E-state index contributed by atoms with van der Waals surface area (Å²) in [4.78, 5) is 4.71. The van der Waals surface area contributed by atoms with Crippen molar-refractivity contribution in [1.82, 2.24) is 9.80 Å². The first kappa shape index (κ1) is 15.7. The van der Waals surface area contributed by atoms with Crippen molar-refractivity contribution in [2.75, 3.05) is 27.2 Å². The Morgan fingerprint density at radius 3 is 2.55 bits per heavy atom. The summed E-state index contributed by atoms with van der Waals surface area (Å²) in [7, 11) is 4.30. The number of hydrogen-bond donors (Lipinski definition) is 0. The Labute approximate surface area is 126 Å². The highest BCUT2D eigenvalue weighted by Crippen LogP contribution is 2.22. The van der Waals surface area contributed by atoms with Crippen LogP contribution >= 0.6 is 11.6 Å². The fourth-order valence-electron chi connectivity index (χ4n) is 2.88. The Morgan fingerprint density at radius 1 is 1.20 bits per heavy atom. The lowest BCUT2D eigenvalue weighted by Crippen LogP contribution is -2.36. The molecule has 1 aromatic carbocycles. The maximum atomic E-state index is 13.0. The van der Waals surface area contributed by atoms with Crippen LogP contribution in [0.3, 0.4) is 0 Å². The minimum absolute atomic E-state index is 0.276. The lowest BCUT2D eigenvalue weighted by atomic mass is 10.2. The van der Waals surface area contributed by atoms with Crippen molar-refractivity contribution in [1.29, 1.82) is 0 Å². The lowest BCUT2D eigenvalue weighted by Gasteiger charge is -2.27. The fraction of sp³-hybridized carbons (Fsp3) is 0.625. The molecule has 0 unspecified atom stereocenters. The summed E-state index contributed by atoms with van der Waals surface area (Å²) in [5.41, 5.74) is 0.985. The van der Waals surface area contributed by atoms with Crippen molar-refractivity contribution < 1.29 is 4.39 Å². The summed E-state index contributed by atoms with van der Waals surface area (Å²) in [6.07, 6.45) is 5.42. The average molecular weight is 299 g/mol.